The van der Waals surface area contributed by atoms with Crippen molar-refractivity contribution in [1.29, 1.82) is 0 Å². The molecule has 0 aromatic heterocycles. The largest absolute Gasteiger partial charge is 0.491 e. The predicted octanol–water partition coefficient (Wildman–Crippen LogP) is 1.20. The van der Waals surface area contributed by atoms with Crippen molar-refractivity contribution < 1.29 is 14.6 Å². The summed E-state index contributed by atoms with van der Waals surface area (Å²) < 4.78 is 5.40. The minimum Gasteiger partial charge on any atom is -0.491 e. The summed E-state index contributed by atoms with van der Waals surface area (Å²) in [7, 11) is 0. The molecule has 0 saturated heterocycles. The Hall–Kier alpha value is -1.30. The van der Waals surface area contributed by atoms with E-state index in [1.54, 1.807) is 24.3 Å². The van der Waals surface area contributed by atoms with Crippen LogP contribution >= 0.6 is 11.6 Å². The SMILES string of the molecule is CCCNC(=O)CNCC(O)COc1ccc(Cl)cc1. The van der Waals surface area contributed by atoms with Gasteiger partial charge in [-0.15, -0.1) is 0 Å². The second-order valence-corrected chi connectivity index (χ2v) is 4.84. The quantitative estimate of drug-likeness (QED) is 0.641. The summed E-state index contributed by atoms with van der Waals surface area (Å²) in [6.07, 6.45) is 0.230. The van der Waals surface area contributed by atoms with Gasteiger partial charge in [0.2, 0.25) is 5.91 Å². The number of ether oxygens (including phenoxy) is 1. The Morgan fingerprint density at radius 2 is 2.10 bits per heavy atom. The number of aliphatic hydroxyl groups excluding tert-OH is 1. The van der Waals surface area contributed by atoms with Crippen molar-refractivity contribution in [3.05, 3.63) is 29.3 Å². The molecule has 20 heavy (non-hydrogen) atoms. The van der Waals surface area contributed by atoms with Crippen molar-refractivity contribution in [3.63, 3.8) is 0 Å². The Morgan fingerprint density at radius 3 is 2.75 bits per heavy atom. The monoisotopic (exact) mass is 300 g/mol. The van der Waals surface area contributed by atoms with Gasteiger partial charge in [-0.25, -0.2) is 0 Å². The van der Waals surface area contributed by atoms with Gasteiger partial charge in [-0.1, -0.05) is 18.5 Å². The third kappa shape index (κ3) is 7.33. The molecule has 0 saturated carbocycles. The third-order valence-corrected chi connectivity index (χ3v) is 2.75. The van der Waals surface area contributed by atoms with Crippen molar-refractivity contribution in [2.75, 3.05) is 26.2 Å². The molecule has 0 heterocycles. The number of halogens is 1. The summed E-state index contributed by atoms with van der Waals surface area (Å²) >= 11 is 5.76. The van der Waals surface area contributed by atoms with Crippen molar-refractivity contribution in [1.82, 2.24) is 10.6 Å². The van der Waals surface area contributed by atoms with Crippen LogP contribution in [-0.4, -0.2) is 43.4 Å². The van der Waals surface area contributed by atoms with E-state index in [1.807, 2.05) is 6.92 Å². The van der Waals surface area contributed by atoms with E-state index in [-0.39, 0.29) is 19.1 Å². The van der Waals surface area contributed by atoms with Gasteiger partial charge in [-0.3, -0.25) is 4.79 Å². The zero-order valence-electron chi connectivity index (χ0n) is 11.6. The molecule has 1 rings (SSSR count). The van der Waals surface area contributed by atoms with Crippen LogP contribution in [0.3, 0.4) is 0 Å². The summed E-state index contributed by atoms with van der Waals surface area (Å²) in [5.41, 5.74) is 0. The number of hydrogen-bond donors (Lipinski definition) is 3. The third-order valence-electron chi connectivity index (χ3n) is 2.49. The smallest absolute Gasteiger partial charge is 0.233 e. The maximum absolute atomic E-state index is 11.3. The van der Waals surface area contributed by atoms with E-state index in [9.17, 15) is 9.90 Å². The van der Waals surface area contributed by atoms with Crippen molar-refractivity contribution in [3.8, 4) is 5.75 Å². The molecule has 0 bridgehead atoms. The number of carbonyl (C=O) groups is 1. The minimum absolute atomic E-state index is 0.0716. The average molecular weight is 301 g/mol. The van der Waals surface area contributed by atoms with Crippen LogP contribution in [0.15, 0.2) is 24.3 Å². The van der Waals surface area contributed by atoms with Gasteiger partial charge in [-0.2, -0.15) is 0 Å². The van der Waals surface area contributed by atoms with Gasteiger partial charge < -0.3 is 20.5 Å². The number of hydrogen-bond acceptors (Lipinski definition) is 4. The number of amides is 1. The van der Waals surface area contributed by atoms with Crippen LogP contribution in [0.2, 0.25) is 5.02 Å². The molecule has 0 aliphatic carbocycles. The lowest BCUT2D eigenvalue weighted by Crippen LogP contribution is -2.39. The van der Waals surface area contributed by atoms with Crippen LogP contribution < -0.4 is 15.4 Å². The number of carbonyl (C=O) groups excluding carboxylic acids is 1. The minimum atomic E-state index is -0.676. The van der Waals surface area contributed by atoms with Gasteiger partial charge in [0.15, 0.2) is 0 Å². The van der Waals surface area contributed by atoms with Crippen molar-refractivity contribution in [2.24, 2.45) is 0 Å². The standard InChI is InChI=1S/C14H21ClN2O3/c1-2-7-17-14(19)9-16-8-12(18)10-20-13-5-3-11(15)4-6-13/h3-6,12,16,18H,2,7-10H2,1H3,(H,17,19). The van der Waals surface area contributed by atoms with E-state index in [2.05, 4.69) is 10.6 Å². The highest BCUT2D eigenvalue weighted by Crippen LogP contribution is 2.15. The zero-order chi connectivity index (χ0) is 14.8. The number of rotatable bonds is 9. The Kier molecular flexibility index (Phi) is 8.02. The molecule has 6 heteroatoms. The molecule has 1 aromatic rings. The molecule has 112 valence electrons. The lowest BCUT2D eigenvalue weighted by Gasteiger charge is -2.13. The van der Waals surface area contributed by atoms with Crippen LogP contribution in [-0.2, 0) is 4.79 Å². The summed E-state index contributed by atoms with van der Waals surface area (Å²) in [4.78, 5) is 11.3. The topological polar surface area (TPSA) is 70.6 Å². The molecule has 0 fully saturated rings. The number of aliphatic hydroxyl groups is 1. The Labute approximate surface area is 124 Å². The molecule has 0 aliphatic heterocycles. The Balaban J connectivity index is 2.12. The zero-order valence-corrected chi connectivity index (χ0v) is 12.3. The first kappa shape index (κ1) is 16.8. The highest BCUT2D eigenvalue weighted by atomic mass is 35.5. The predicted molar refractivity (Wildman–Crippen MR) is 79.1 cm³/mol. The fourth-order valence-corrected chi connectivity index (χ4v) is 1.59. The molecule has 0 radical (unpaired) electrons. The van der Waals surface area contributed by atoms with Crippen LogP contribution in [0.25, 0.3) is 0 Å². The van der Waals surface area contributed by atoms with Crippen LogP contribution in [0.1, 0.15) is 13.3 Å². The second-order valence-electron chi connectivity index (χ2n) is 4.40. The summed E-state index contributed by atoms with van der Waals surface area (Å²) in [5.74, 6) is 0.576. The van der Waals surface area contributed by atoms with Gasteiger partial charge in [0, 0.05) is 18.1 Å². The fourth-order valence-electron chi connectivity index (χ4n) is 1.46. The second kappa shape index (κ2) is 9.58. The molecule has 3 N–H and O–H groups in total. The molecular formula is C14H21ClN2O3. The van der Waals surface area contributed by atoms with Gasteiger partial charge in [0.05, 0.1) is 6.54 Å². The lowest BCUT2D eigenvalue weighted by molar-refractivity contribution is -0.120. The van der Waals surface area contributed by atoms with E-state index < -0.39 is 6.10 Å². The van der Waals surface area contributed by atoms with E-state index in [1.165, 1.54) is 0 Å². The first-order valence-corrected chi connectivity index (χ1v) is 7.03. The van der Waals surface area contributed by atoms with Crippen LogP contribution in [0.4, 0.5) is 0 Å². The molecule has 1 amide bonds. The maximum atomic E-state index is 11.3. The van der Waals surface area contributed by atoms with Crippen molar-refractivity contribution >= 4 is 17.5 Å². The molecule has 1 unspecified atom stereocenters. The van der Waals surface area contributed by atoms with Gasteiger partial charge in [-0.05, 0) is 30.7 Å². The highest BCUT2D eigenvalue weighted by molar-refractivity contribution is 6.30. The molecule has 0 spiro atoms. The van der Waals surface area contributed by atoms with Gasteiger partial charge in [0.25, 0.3) is 0 Å². The Bertz CT molecular complexity index is 398. The molecule has 1 aromatic carbocycles. The van der Waals surface area contributed by atoms with Crippen LogP contribution in [0.5, 0.6) is 5.75 Å². The van der Waals surface area contributed by atoms with Gasteiger partial charge in [0.1, 0.15) is 18.5 Å². The summed E-state index contributed by atoms with van der Waals surface area (Å²) in [6, 6.07) is 6.92. The molecule has 1 atom stereocenters. The van der Waals surface area contributed by atoms with Crippen LogP contribution in [0, 0.1) is 0 Å². The van der Waals surface area contributed by atoms with E-state index >= 15 is 0 Å². The van der Waals surface area contributed by atoms with E-state index in [0.717, 1.165) is 6.42 Å². The maximum Gasteiger partial charge on any atom is 0.233 e. The number of nitrogens with one attached hydrogen (secondary N) is 2. The summed E-state index contributed by atoms with van der Waals surface area (Å²) in [6.45, 7) is 3.31. The van der Waals surface area contributed by atoms with E-state index in [4.69, 9.17) is 16.3 Å². The van der Waals surface area contributed by atoms with Gasteiger partial charge >= 0.3 is 0 Å². The van der Waals surface area contributed by atoms with Crippen molar-refractivity contribution in [2.45, 2.75) is 19.4 Å². The van der Waals surface area contributed by atoms with E-state index in [0.29, 0.717) is 23.9 Å². The Morgan fingerprint density at radius 1 is 1.40 bits per heavy atom. The first-order chi connectivity index (χ1) is 9.61. The first-order valence-electron chi connectivity index (χ1n) is 6.65. The molecule has 5 nitrogen and oxygen atoms in total. The highest BCUT2D eigenvalue weighted by Gasteiger charge is 2.06. The normalized spacial score (nSPS) is 11.9. The molecule has 0 aliphatic rings. The molecular weight excluding hydrogens is 280 g/mol. The number of benzene rings is 1. The lowest BCUT2D eigenvalue weighted by atomic mass is 10.3. The average Bonchev–Trinajstić information content (AvgIpc) is 2.44. The summed E-state index contributed by atoms with van der Waals surface area (Å²) in [5, 5.41) is 16.0. The fraction of sp³-hybridized carbons (Fsp3) is 0.500.